The fourth-order valence-corrected chi connectivity index (χ4v) is 3.47. The summed E-state index contributed by atoms with van der Waals surface area (Å²) in [6, 6.07) is 9.39. The molecule has 0 aliphatic heterocycles. The molecule has 3 nitrogen and oxygen atoms in total. The number of anilines is 1. The maximum atomic E-state index is 5.92. The molecule has 0 saturated carbocycles. The Labute approximate surface area is 127 Å². The fraction of sp³-hybridized carbons (Fsp3) is 0. The Bertz CT molecular complexity index is 721. The first-order chi connectivity index (χ1) is 9.16. The number of rotatable bonds is 2. The van der Waals surface area contributed by atoms with Crippen LogP contribution in [-0.4, -0.2) is 5.16 Å². The molecular weight excluding hydrogens is 348 g/mol. The average Bonchev–Trinajstić information content (AvgIpc) is 2.97. The van der Waals surface area contributed by atoms with E-state index in [1.807, 2.05) is 35.7 Å². The van der Waals surface area contributed by atoms with E-state index in [9.17, 15) is 0 Å². The van der Waals surface area contributed by atoms with Gasteiger partial charge in [-0.2, -0.15) is 0 Å². The Kier molecular flexibility index (Phi) is 3.35. The highest BCUT2D eigenvalue weighted by Crippen LogP contribution is 2.42. The summed E-state index contributed by atoms with van der Waals surface area (Å²) < 4.78 is 6.34. The number of aromatic nitrogens is 1. The predicted molar refractivity (Wildman–Crippen MR) is 82.4 cm³/mol. The van der Waals surface area contributed by atoms with Crippen LogP contribution in [0.15, 0.2) is 44.7 Å². The molecular formula is C13H8BrClN2OS. The third-order valence-corrected chi connectivity index (χ3v) is 4.76. The third kappa shape index (κ3) is 2.29. The molecule has 96 valence electrons. The van der Waals surface area contributed by atoms with Crippen molar-refractivity contribution in [1.82, 2.24) is 5.16 Å². The summed E-state index contributed by atoms with van der Waals surface area (Å²) in [5, 5.41) is 6.52. The molecule has 0 aliphatic rings. The summed E-state index contributed by atoms with van der Waals surface area (Å²) in [4.78, 5) is 0.967. The van der Waals surface area contributed by atoms with Crippen LogP contribution >= 0.6 is 38.9 Å². The number of hydrogen-bond donors (Lipinski definition) is 1. The van der Waals surface area contributed by atoms with Crippen molar-refractivity contribution in [3.05, 3.63) is 45.2 Å². The van der Waals surface area contributed by atoms with Gasteiger partial charge in [-0.15, -0.1) is 11.3 Å². The molecule has 19 heavy (non-hydrogen) atoms. The lowest BCUT2D eigenvalue weighted by Crippen LogP contribution is -1.88. The number of hydrogen-bond acceptors (Lipinski definition) is 4. The van der Waals surface area contributed by atoms with Crippen LogP contribution in [-0.2, 0) is 0 Å². The zero-order valence-electron chi connectivity index (χ0n) is 9.56. The van der Waals surface area contributed by atoms with Crippen LogP contribution in [0.3, 0.4) is 0 Å². The van der Waals surface area contributed by atoms with Gasteiger partial charge in [-0.1, -0.05) is 28.9 Å². The van der Waals surface area contributed by atoms with E-state index >= 15 is 0 Å². The van der Waals surface area contributed by atoms with E-state index in [-0.39, 0.29) is 0 Å². The zero-order chi connectivity index (χ0) is 13.4. The van der Waals surface area contributed by atoms with Crippen LogP contribution in [0.4, 0.5) is 5.82 Å². The standard InChI is InChI=1S/C13H8BrClN2OS/c14-9-5-6-19-12(9)11-10(13(16)17-18-11)7-1-3-8(15)4-2-7/h1-6H,(H2,16,17). The van der Waals surface area contributed by atoms with Crippen molar-refractivity contribution in [2.75, 3.05) is 5.73 Å². The third-order valence-electron chi connectivity index (χ3n) is 2.67. The number of halogens is 2. The highest BCUT2D eigenvalue weighted by molar-refractivity contribution is 9.10. The van der Waals surface area contributed by atoms with Gasteiger partial charge in [0.25, 0.3) is 0 Å². The van der Waals surface area contributed by atoms with Gasteiger partial charge in [-0.05, 0) is 45.1 Å². The van der Waals surface area contributed by atoms with Crippen LogP contribution in [0.25, 0.3) is 21.8 Å². The molecule has 0 fully saturated rings. The molecule has 2 aromatic heterocycles. The molecule has 0 spiro atoms. The molecule has 0 unspecified atom stereocenters. The van der Waals surface area contributed by atoms with Crippen molar-refractivity contribution in [3.8, 4) is 21.8 Å². The quantitative estimate of drug-likeness (QED) is 0.698. The van der Waals surface area contributed by atoms with Crippen molar-refractivity contribution >= 4 is 44.7 Å². The minimum atomic E-state index is 0.373. The molecule has 0 saturated heterocycles. The predicted octanol–water partition coefficient (Wildman–Crippen LogP) is 5.07. The van der Waals surface area contributed by atoms with Gasteiger partial charge in [0.05, 0.1) is 10.4 Å². The van der Waals surface area contributed by atoms with Crippen molar-refractivity contribution in [2.45, 2.75) is 0 Å². The fourth-order valence-electron chi connectivity index (χ4n) is 1.81. The molecule has 0 radical (unpaired) electrons. The maximum absolute atomic E-state index is 5.92. The van der Waals surface area contributed by atoms with Gasteiger partial charge in [-0.3, -0.25) is 0 Å². The Morgan fingerprint density at radius 1 is 1.21 bits per heavy atom. The van der Waals surface area contributed by atoms with Crippen molar-refractivity contribution in [3.63, 3.8) is 0 Å². The lowest BCUT2D eigenvalue weighted by molar-refractivity contribution is 0.437. The number of nitrogen functional groups attached to an aromatic ring is 1. The summed E-state index contributed by atoms with van der Waals surface area (Å²) in [6.45, 7) is 0. The Morgan fingerprint density at radius 2 is 1.95 bits per heavy atom. The van der Waals surface area contributed by atoms with E-state index in [0.717, 1.165) is 20.5 Å². The second-order valence-corrected chi connectivity index (χ2v) is 6.08. The lowest BCUT2D eigenvalue weighted by atomic mass is 10.1. The number of thiophene rings is 1. The SMILES string of the molecule is Nc1noc(-c2sccc2Br)c1-c1ccc(Cl)cc1. The lowest BCUT2D eigenvalue weighted by Gasteiger charge is -2.02. The minimum Gasteiger partial charge on any atom is -0.380 e. The van der Waals surface area contributed by atoms with Gasteiger partial charge in [0.2, 0.25) is 0 Å². The van der Waals surface area contributed by atoms with Crippen molar-refractivity contribution in [1.29, 1.82) is 0 Å². The van der Waals surface area contributed by atoms with Gasteiger partial charge in [0.15, 0.2) is 11.6 Å². The largest absolute Gasteiger partial charge is 0.380 e. The van der Waals surface area contributed by atoms with Crippen molar-refractivity contribution < 1.29 is 4.52 Å². The highest BCUT2D eigenvalue weighted by atomic mass is 79.9. The Morgan fingerprint density at radius 3 is 2.58 bits per heavy atom. The molecule has 0 bridgehead atoms. The smallest absolute Gasteiger partial charge is 0.187 e. The van der Waals surface area contributed by atoms with Crippen LogP contribution in [0.5, 0.6) is 0 Å². The first-order valence-electron chi connectivity index (χ1n) is 5.41. The van der Waals surface area contributed by atoms with E-state index in [4.69, 9.17) is 21.9 Å². The van der Waals surface area contributed by atoms with Gasteiger partial charge in [0.1, 0.15) is 0 Å². The van der Waals surface area contributed by atoms with E-state index in [1.54, 1.807) is 11.3 Å². The Hall–Kier alpha value is -1.30. The second kappa shape index (κ2) is 5.00. The highest BCUT2D eigenvalue weighted by Gasteiger charge is 2.20. The molecule has 0 aliphatic carbocycles. The number of nitrogens with two attached hydrogens (primary N) is 1. The van der Waals surface area contributed by atoms with E-state index in [1.165, 1.54) is 0 Å². The second-order valence-electron chi connectivity index (χ2n) is 3.88. The first kappa shape index (κ1) is 12.7. The molecule has 3 rings (SSSR count). The van der Waals surface area contributed by atoms with Crippen LogP contribution < -0.4 is 5.73 Å². The molecule has 2 heterocycles. The molecule has 3 aromatic rings. The molecule has 0 atom stereocenters. The summed E-state index contributed by atoms with van der Waals surface area (Å²) in [5.41, 5.74) is 7.64. The van der Waals surface area contributed by atoms with Crippen LogP contribution in [0.1, 0.15) is 0 Å². The van der Waals surface area contributed by atoms with Crippen molar-refractivity contribution in [2.24, 2.45) is 0 Å². The minimum absolute atomic E-state index is 0.373. The summed E-state index contributed by atoms with van der Waals surface area (Å²) in [7, 11) is 0. The molecule has 1 aromatic carbocycles. The number of nitrogens with zero attached hydrogens (tertiary/aromatic N) is 1. The van der Waals surface area contributed by atoms with E-state index in [2.05, 4.69) is 21.1 Å². The monoisotopic (exact) mass is 354 g/mol. The zero-order valence-corrected chi connectivity index (χ0v) is 12.7. The average molecular weight is 356 g/mol. The summed E-state index contributed by atoms with van der Waals surface area (Å²) in [6.07, 6.45) is 0. The van der Waals surface area contributed by atoms with Crippen LogP contribution in [0.2, 0.25) is 5.02 Å². The summed E-state index contributed by atoms with van der Waals surface area (Å²) >= 11 is 11.0. The van der Waals surface area contributed by atoms with Gasteiger partial charge in [0, 0.05) is 9.50 Å². The first-order valence-corrected chi connectivity index (χ1v) is 7.46. The molecule has 2 N–H and O–H groups in total. The van der Waals surface area contributed by atoms with E-state index in [0.29, 0.717) is 16.6 Å². The Balaban J connectivity index is 2.19. The van der Waals surface area contributed by atoms with Gasteiger partial charge < -0.3 is 10.3 Å². The van der Waals surface area contributed by atoms with Gasteiger partial charge >= 0.3 is 0 Å². The van der Waals surface area contributed by atoms with Gasteiger partial charge in [-0.25, -0.2) is 0 Å². The summed E-state index contributed by atoms with van der Waals surface area (Å²) in [5.74, 6) is 1.04. The maximum Gasteiger partial charge on any atom is 0.187 e. The normalized spacial score (nSPS) is 10.8. The molecule has 6 heteroatoms. The molecule has 0 amide bonds. The number of benzene rings is 1. The van der Waals surface area contributed by atoms with Crippen LogP contribution in [0, 0.1) is 0 Å². The van der Waals surface area contributed by atoms with E-state index < -0.39 is 0 Å². The topological polar surface area (TPSA) is 52.0 Å².